The first-order valence-electron chi connectivity index (χ1n) is 5.73. The second-order valence-electron chi connectivity index (χ2n) is 3.54. The minimum absolute atomic E-state index is 0.780. The van der Waals surface area contributed by atoms with Gasteiger partial charge in [-0.05, 0) is 26.3 Å². The molecule has 14 heavy (non-hydrogen) atoms. The second-order valence-corrected chi connectivity index (χ2v) is 3.54. The SMILES string of the molecule is CCC1CCN(CC)CN1.CCOC. The van der Waals surface area contributed by atoms with E-state index in [1.54, 1.807) is 7.11 Å². The van der Waals surface area contributed by atoms with Gasteiger partial charge in [0.1, 0.15) is 0 Å². The molecule has 0 saturated carbocycles. The van der Waals surface area contributed by atoms with Crippen LogP contribution in [-0.2, 0) is 4.74 Å². The van der Waals surface area contributed by atoms with Crippen molar-refractivity contribution in [2.24, 2.45) is 0 Å². The molecule has 0 radical (unpaired) electrons. The maximum Gasteiger partial charge on any atom is 0.0482 e. The zero-order valence-electron chi connectivity index (χ0n) is 10.2. The van der Waals surface area contributed by atoms with Crippen molar-refractivity contribution in [1.82, 2.24) is 10.2 Å². The molecular formula is C11H26N2O. The van der Waals surface area contributed by atoms with Crippen LogP contribution in [0.1, 0.15) is 33.6 Å². The zero-order valence-corrected chi connectivity index (χ0v) is 10.2. The van der Waals surface area contributed by atoms with E-state index in [0.717, 1.165) is 19.3 Å². The van der Waals surface area contributed by atoms with Gasteiger partial charge < -0.3 is 10.1 Å². The van der Waals surface area contributed by atoms with Gasteiger partial charge in [0.25, 0.3) is 0 Å². The fourth-order valence-electron chi connectivity index (χ4n) is 1.40. The van der Waals surface area contributed by atoms with Gasteiger partial charge in [-0.15, -0.1) is 0 Å². The fourth-order valence-corrected chi connectivity index (χ4v) is 1.40. The number of hydrogen-bond donors (Lipinski definition) is 1. The molecule has 1 rings (SSSR count). The standard InChI is InChI=1S/C8H18N2.C3H8O/c1-3-8-5-6-10(4-2)7-9-8;1-3-4-2/h8-9H,3-7H2,1-2H3;3H2,1-2H3. The summed E-state index contributed by atoms with van der Waals surface area (Å²) >= 11 is 0. The summed E-state index contributed by atoms with van der Waals surface area (Å²) in [6, 6.07) is 0.780. The van der Waals surface area contributed by atoms with Crippen molar-refractivity contribution in [2.45, 2.75) is 39.7 Å². The van der Waals surface area contributed by atoms with Crippen LogP contribution in [0.4, 0.5) is 0 Å². The number of ether oxygens (including phenoxy) is 1. The van der Waals surface area contributed by atoms with Gasteiger partial charge in [0.2, 0.25) is 0 Å². The summed E-state index contributed by atoms with van der Waals surface area (Å²) in [5, 5.41) is 3.50. The van der Waals surface area contributed by atoms with Crippen LogP contribution in [0, 0.1) is 0 Å². The molecule has 86 valence electrons. The highest BCUT2D eigenvalue weighted by molar-refractivity contribution is 4.72. The Bertz CT molecular complexity index is 97.9. The Labute approximate surface area is 88.8 Å². The van der Waals surface area contributed by atoms with Crippen LogP contribution in [0.5, 0.6) is 0 Å². The molecule has 1 fully saturated rings. The van der Waals surface area contributed by atoms with Gasteiger partial charge in [-0.3, -0.25) is 4.90 Å². The van der Waals surface area contributed by atoms with E-state index in [0.29, 0.717) is 0 Å². The van der Waals surface area contributed by atoms with Crippen LogP contribution in [0.3, 0.4) is 0 Å². The largest absolute Gasteiger partial charge is 0.385 e. The Morgan fingerprint density at radius 1 is 1.36 bits per heavy atom. The first-order valence-corrected chi connectivity index (χ1v) is 5.73. The van der Waals surface area contributed by atoms with Crippen LogP contribution in [0.15, 0.2) is 0 Å². The molecule has 1 unspecified atom stereocenters. The van der Waals surface area contributed by atoms with Gasteiger partial charge in [0, 0.05) is 33.0 Å². The van der Waals surface area contributed by atoms with Crippen molar-refractivity contribution in [3.63, 3.8) is 0 Å². The normalized spacial score (nSPS) is 22.7. The van der Waals surface area contributed by atoms with Crippen LogP contribution in [0.25, 0.3) is 0 Å². The van der Waals surface area contributed by atoms with Gasteiger partial charge in [-0.25, -0.2) is 0 Å². The Balaban J connectivity index is 0.000000364. The molecule has 1 N–H and O–H groups in total. The number of rotatable bonds is 3. The summed E-state index contributed by atoms with van der Waals surface area (Å²) in [7, 11) is 1.68. The average molecular weight is 202 g/mol. The van der Waals surface area contributed by atoms with E-state index >= 15 is 0 Å². The van der Waals surface area contributed by atoms with Crippen LogP contribution in [-0.4, -0.2) is 44.4 Å². The second kappa shape index (κ2) is 9.44. The molecular weight excluding hydrogens is 176 g/mol. The number of nitrogens with one attached hydrogen (secondary N) is 1. The maximum atomic E-state index is 4.54. The molecule has 1 aliphatic rings. The first kappa shape index (κ1) is 13.9. The topological polar surface area (TPSA) is 24.5 Å². The average Bonchev–Trinajstić information content (AvgIpc) is 2.29. The van der Waals surface area contributed by atoms with E-state index in [1.165, 1.54) is 25.9 Å². The molecule has 1 heterocycles. The first-order chi connectivity index (χ1) is 6.78. The van der Waals surface area contributed by atoms with Crippen molar-refractivity contribution >= 4 is 0 Å². The highest BCUT2D eigenvalue weighted by atomic mass is 16.5. The lowest BCUT2D eigenvalue weighted by Crippen LogP contribution is -2.47. The third-order valence-electron chi connectivity index (χ3n) is 2.63. The summed E-state index contributed by atoms with van der Waals surface area (Å²) in [5.41, 5.74) is 0. The Morgan fingerprint density at radius 3 is 2.29 bits per heavy atom. The van der Waals surface area contributed by atoms with Gasteiger partial charge in [-0.2, -0.15) is 0 Å². The molecule has 3 heteroatoms. The van der Waals surface area contributed by atoms with Crippen LogP contribution >= 0.6 is 0 Å². The highest BCUT2D eigenvalue weighted by Crippen LogP contribution is 2.04. The lowest BCUT2D eigenvalue weighted by atomic mass is 10.1. The molecule has 3 nitrogen and oxygen atoms in total. The lowest BCUT2D eigenvalue weighted by Gasteiger charge is -2.31. The maximum absolute atomic E-state index is 4.54. The van der Waals surface area contributed by atoms with E-state index in [4.69, 9.17) is 0 Å². The number of methoxy groups -OCH3 is 1. The van der Waals surface area contributed by atoms with Crippen molar-refractivity contribution in [2.75, 3.05) is 33.5 Å². The molecule has 0 aromatic heterocycles. The molecule has 0 aromatic carbocycles. The molecule has 0 amide bonds. The summed E-state index contributed by atoms with van der Waals surface area (Å²) in [6.45, 7) is 10.8. The van der Waals surface area contributed by atoms with Crippen molar-refractivity contribution < 1.29 is 4.74 Å². The van der Waals surface area contributed by atoms with E-state index in [2.05, 4.69) is 28.8 Å². The van der Waals surface area contributed by atoms with Gasteiger partial charge in [-0.1, -0.05) is 13.8 Å². The van der Waals surface area contributed by atoms with Gasteiger partial charge >= 0.3 is 0 Å². The van der Waals surface area contributed by atoms with Gasteiger partial charge in [0.05, 0.1) is 0 Å². The van der Waals surface area contributed by atoms with Gasteiger partial charge in [0.15, 0.2) is 0 Å². The van der Waals surface area contributed by atoms with E-state index in [9.17, 15) is 0 Å². The predicted molar refractivity (Wildman–Crippen MR) is 61.5 cm³/mol. The minimum atomic E-state index is 0.780. The van der Waals surface area contributed by atoms with Crippen molar-refractivity contribution in [1.29, 1.82) is 0 Å². The van der Waals surface area contributed by atoms with E-state index in [-0.39, 0.29) is 0 Å². The van der Waals surface area contributed by atoms with Crippen molar-refractivity contribution in [3.8, 4) is 0 Å². The Kier molecular flexibility index (Phi) is 9.35. The number of hydrogen-bond acceptors (Lipinski definition) is 3. The number of nitrogens with zero attached hydrogens (tertiary/aromatic N) is 1. The fraction of sp³-hybridized carbons (Fsp3) is 1.00. The van der Waals surface area contributed by atoms with Crippen LogP contribution < -0.4 is 5.32 Å². The summed E-state index contributed by atoms with van der Waals surface area (Å²) in [6.07, 6.45) is 2.60. The van der Waals surface area contributed by atoms with Crippen molar-refractivity contribution in [3.05, 3.63) is 0 Å². The monoisotopic (exact) mass is 202 g/mol. The smallest absolute Gasteiger partial charge is 0.0482 e. The zero-order chi connectivity index (χ0) is 10.8. The Hall–Kier alpha value is -0.120. The summed E-state index contributed by atoms with van der Waals surface area (Å²) in [5.74, 6) is 0. The quantitative estimate of drug-likeness (QED) is 0.754. The molecule has 0 aliphatic carbocycles. The van der Waals surface area contributed by atoms with E-state index in [1.807, 2.05) is 6.92 Å². The molecule has 1 aliphatic heterocycles. The molecule has 0 spiro atoms. The summed E-state index contributed by atoms with van der Waals surface area (Å²) in [4.78, 5) is 2.44. The van der Waals surface area contributed by atoms with E-state index < -0.39 is 0 Å². The molecule has 0 aromatic rings. The molecule has 1 saturated heterocycles. The minimum Gasteiger partial charge on any atom is -0.385 e. The van der Waals surface area contributed by atoms with Crippen LogP contribution in [0.2, 0.25) is 0 Å². The third-order valence-corrected chi connectivity index (χ3v) is 2.63. The Morgan fingerprint density at radius 2 is 2.00 bits per heavy atom. The highest BCUT2D eigenvalue weighted by Gasteiger charge is 2.14. The third kappa shape index (κ3) is 6.35. The predicted octanol–water partition coefficient (Wildman–Crippen LogP) is 1.69. The molecule has 1 atom stereocenters. The lowest BCUT2D eigenvalue weighted by molar-refractivity contribution is 0.188. The summed E-state index contributed by atoms with van der Waals surface area (Å²) < 4.78 is 4.54. The molecule has 0 bridgehead atoms.